The summed E-state index contributed by atoms with van der Waals surface area (Å²) in [4.78, 5) is 23.8. The minimum absolute atomic E-state index is 0.0523. The molecule has 0 aliphatic carbocycles. The predicted molar refractivity (Wildman–Crippen MR) is 77.9 cm³/mol. The first-order valence-electron chi connectivity index (χ1n) is 6.39. The summed E-state index contributed by atoms with van der Waals surface area (Å²) in [5.41, 5.74) is 0.984. The van der Waals surface area contributed by atoms with Gasteiger partial charge in [0.1, 0.15) is 0 Å². The number of urea groups is 1. The Morgan fingerprint density at radius 1 is 1.35 bits per heavy atom. The van der Waals surface area contributed by atoms with Crippen LogP contribution in [0.1, 0.15) is 31.4 Å². The number of amides is 2. The number of carboxylic acid groups (broad SMARTS) is 1. The Bertz CT molecular complexity index is 462. The molecule has 20 heavy (non-hydrogen) atoms. The van der Waals surface area contributed by atoms with Crippen LogP contribution in [-0.2, 0) is 4.79 Å². The number of hydrogen-bond acceptors (Lipinski definition) is 2. The van der Waals surface area contributed by atoms with Gasteiger partial charge in [-0.15, -0.1) is 0 Å². The largest absolute Gasteiger partial charge is 0.481 e. The van der Waals surface area contributed by atoms with Crippen LogP contribution in [0.2, 0.25) is 5.02 Å². The molecule has 0 aliphatic heterocycles. The summed E-state index contributed by atoms with van der Waals surface area (Å²) < 4.78 is 0. The molecule has 0 saturated carbocycles. The van der Waals surface area contributed by atoms with Crippen molar-refractivity contribution in [3.8, 4) is 0 Å². The van der Waals surface area contributed by atoms with E-state index in [0.717, 1.165) is 5.56 Å². The van der Waals surface area contributed by atoms with Crippen molar-refractivity contribution >= 4 is 23.6 Å². The molecule has 0 radical (unpaired) electrons. The summed E-state index contributed by atoms with van der Waals surface area (Å²) in [6.45, 7) is 2.27. The Hall–Kier alpha value is -1.75. The monoisotopic (exact) mass is 298 g/mol. The van der Waals surface area contributed by atoms with Crippen molar-refractivity contribution in [3.05, 3.63) is 34.9 Å². The molecule has 0 saturated heterocycles. The smallest absolute Gasteiger partial charge is 0.317 e. The zero-order valence-corrected chi connectivity index (χ0v) is 12.4. The highest BCUT2D eigenvalue weighted by atomic mass is 35.5. The summed E-state index contributed by atoms with van der Waals surface area (Å²) in [7, 11) is 1.70. The van der Waals surface area contributed by atoms with E-state index in [4.69, 9.17) is 16.7 Å². The van der Waals surface area contributed by atoms with Gasteiger partial charge < -0.3 is 15.3 Å². The Morgan fingerprint density at radius 3 is 2.50 bits per heavy atom. The topological polar surface area (TPSA) is 69.6 Å². The molecule has 0 spiro atoms. The van der Waals surface area contributed by atoms with Crippen LogP contribution in [-0.4, -0.2) is 35.6 Å². The molecule has 2 N–H and O–H groups in total. The number of rotatable bonds is 6. The normalized spacial score (nSPS) is 11.8. The molecule has 0 aromatic heterocycles. The zero-order valence-electron chi connectivity index (χ0n) is 11.6. The highest BCUT2D eigenvalue weighted by molar-refractivity contribution is 6.30. The number of halogens is 1. The minimum Gasteiger partial charge on any atom is -0.481 e. The number of carboxylic acids is 1. The van der Waals surface area contributed by atoms with Gasteiger partial charge >= 0.3 is 12.0 Å². The summed E-state index contributed by atoms with van der Waals surface area (Å²) >= 11 is 5.83. The Kier molecular flexibility index (Phi) is 6.31. The lowest BCUT2D eigenvalue weighted by molar-refractivity contribution is -0.137. The van der Waals surface area contributed by atoms with Gasteiger partial charge in [-0.25, -0.2) is 4.79 Å². The quantitative estimate of drug-likeness (QED) is 0.793. The zero-order chi connectivity index (χ0) is 15.1. The lowest BCUT2D eigenvalue weighted by Crippen LogP contribution is -2.39. The van der Waals surface area contributed by atoms with Crippen LogP contribution in [0, 0.1) is 0 Å². The first-order valence-corrected chi connectivity index (χ1v) is 6.77. The van der Waals surface area contributed by atoms with Gasteiger partial charge in [-0.05, 0) is 31.0 Å². The first-order chi connectivity index (χ1) is 9.41. The molecule has 1 aromatic rings. The van der Waals surface area contributed by atoms with Crippen LogP contribution in [0.4, 0.5) is 4.79 Å². The third kappa shape index (κ3) is 5.09. The summed E-state index contributed by atoms with van der Waals surface area (Å²) in [6, 6.07) is 7.00. The number of aliphatic carboxylic acids is 1. The Morgan fingerprint density at radius 2 is 1.95 bits per heavy atom. The van der Waals surface area contributed by atoms with Gasteiger partial charge in [0.05, 0.1) is 6.04 Å². The van der Waals surface area contributed by atoms with Crippen molar-refractivity contribution in [3.63, 3.8) is 0 Å². The molecule has 0 fully saturated rings. The van der Waals surface area contributed by atoms with Gasteiger partial charge in [0.15, 0.2) is 0 Å². The third-order valence-corrected chi connectivity index (χ3v) is 3.35. The maximum absolute atomic E-state index is 11.9. The fourth-order valence-electron chi connectivity index (χ4n) is 1.70. The van der Waals surface area contributed by atoms with Crippen LogP contribution in [0.15, 0.2) is 24.3 Å². The molecule has 0 heterocycles. The third-order valence-electron chi connectivity index (χ3n) is 3.10. The van der Waals surface area contributed by atoms with Crippen LogP contribution < -0.4 is 5.32 Å². The summed E-state index contributed by atoms with van der Waals surface area (Å²) in [5, 5.41) is 11.9. The lowest BCUT2D eigenvalue weighted by Gasteiger charge is -2.25. The molecule has 0 bridgehead atoms. The maximum Gasteiger partial charge on any atom is 0.317 e. The second-order valence-corrected chi connectivity index (χ2v) is 5.00. The molecule has 1 unspecified atom stereocenters. The number of nitrogens with zero attached hydrogens (tertiary/aromatic N) is 1. The molecule has 1 aromatic carbocycles. The number of nitrogens with one attached hydrogen (secondary N) is 1. The minimum atomic E-state index is -0.859. The van der Waals surface area contributed by atoms with Gasteiger partial charge in [-0.2, -0.15) is 0 Å². The van der Waals surface area contributed by atoms with E-state index in [2.05, 4.69) is 5.32 Å². The van der Waals surface area contributed by atoms with E-state index in [0.29, 0.717) is 18.0 Å². The number of benzene rings is 1. The molecule has 0 aliphatic rings. The molecule has 1 rings (SSSR count). The van der Waals surface area contributed by atoms with E-state index in [1.165, 1.54) is 0 Å². The second kappa shape index (κ2) is 7.75. The van der Waals surface area contributed by atoms with Gasteiger partial charge in [0, 0.05) is 25.0 Å². The van der Waals surface area contributed by atoms with E-state index in [1.807, 2.05) is 19.1 Å². The van der Waals surface area contributed by atoms with Crippen molar-refractivity contribution in [2.75, 3.05) is 13.6 Å². The fraction of sp³-hybridized carbons (Fsp3) is 0.429. The molecular weight excluding hydrogens is 280 g/mol. The second-order valence-electron chi connectivity index (χ2n) is 4.57. The van der Waals surface area contributed by atoms with Gasteiger partial charge in [-0.1, -0.05) is 23.7 Å². The van der Waals surface area contributed by atoms with Crippen molar-refractivity contribution < 1.29 is 14.7 Å². The fourth-order valence-corrected chi connectivity index (χ4v) is 1.83. The highest BCUT2D eigenvalue weighted by Crippen LogP contribution is 2.20. The van der Waals surface area contributed by atoms with E-state index in [1.54, 1.807) is 24.1 Å². The Balaban J connectivity index is 2.47. The van der Waals surface area contributed by atoms with Crippen LogP contribution >= 0.6 is 11.6 Å². The average Bonchev–Trinajstić information content (AvgIpc) is 2.42. The Labute approximate surface area is 123 Å². The summed E-state index contributed by atoms with van der Waals surface area (Å²) in [6.07, 6.45) is 0.473. The molecule has 1 atom stereocenters. The standard InChI is InChI=1S/C14H19ClN2O3/c1-10(11-5-7-12(15)8-6-11)17(2)14(20)16-9-3-4-13(18)19/h5-8,10H,3-4,9H2,1-2H3,(H,16,20)(H,18,19). The van der Waals surface area contributed by atoms with E-state index < -0.39 is 5.97 Å². The average molecular weight is 299 g/mol. The SMILES string of the molecule is CC(c1ccc(Cl)cc1)N(C)C(=O)NCCCC(=O)O. The van der Waals surface area contributed by atoms with E-state index in [-0.39, 0.29) is 18.5 Å². The van der Waals surface area contributed by atoms with Gasteiger partial charge in [0.2, 0.25) is 0 Å². The van der Waals surface area contributed by atoms with Crippen LogP contribution in [0.25, 0.3) is 0 Å². The molecular formula is C14H19ClN2O3. The molecule has 2 amide bonds. The van der Waals surface area contributed by atoms with Gasteiger partial charge in [0.25, 0.3) is 0 Å². The highest BCUT2D eigenvalue weighted by Gasteiger charge is 2.16. The van der Waals surface area contributed by atoms with Crippen molar-refractivity contribution in [1.82, 2.24) is 10.2 Å². The lowest BCUT2D eigenvalue weighted by atomic mass is 10.1. The number of hydrogen-bond donors (Lipinski definition) is 2. The molecule has 6 heteroatoms. The van der Waals surface area contributed by atoms with Crippen molar-refractivity contribution in [2.45, 2.75) is 25.8 Å². The van der Waals surface area contributed by atoms with Crippen LogP contribution in [0.3, 0.4) is 0 Å². The number of carbonyl (C=O) groups is 2. The predicted octanol–water partition coefficient (Wildman–Crippen LogP) is 2.91. The molecule has 110 valence electrons. The first kappa shape index (κ1) is 16.3. The van der Waals surface area contributed by atoms with Crippen molar-refractivity contribution in [2.24, 2.45) is 0 Å². The van der Waals surface area contributed by atoms with E-state index in [9.17, 15) is 9.59 Å². The van der Waals surface area contributed by atoms with Crippen molar-refractivity contribution in [1.29, 1.82) is 0 Å². The van der Waals surface area contributed by atoms with Gasteiger partial charge in [-0.3, -0.25) is 4.79 Å². The summed E-state index contributed by atoms with van der Waals surface area (Å²) in [5.74, 6) is -0.859. The van der Waals surface area contributed by atoms with E-state index >= 15 is 0 Å². The molecule has 5 nitrogen and oxygen atoms in total. The van der Waals surface area contributed by atoms with Crippen LogP contribution in [0.5, 0.6) is 0 Å². The maximum atomic E-state index is 11.9. The number of carbonyl (C=O) groups excluding carboxylic acids is 1.